The second kappa shape index (κ2) is 11.5. The quantitative estimate of drug-likeness (QED) is 0.140. The van der Waals surface area contributed by atoms with Crippen LogP contribution < -0.4 is 4.31 Å². The van der Waals surface area contributed by atoms with Crippen LogP contribution in [0.25, 0.3) is 22.0 Å². The summed E-state index contributed by atoms with van der Waals surface area (Å²) < 4.78 is 30.2. The predicted octanol–water partition coefficient (Wildman–Crippen LogP) is 7.60. The van der Waals surface area contributed by atoms with Gasteiger partial charge in [-0.3, -0.25) is 9.59 Å². The molecule has 1 heterocycles. The van der Waals surface area contributed by atoms with Crippen LogP contribution in [-0.4, -0.2) is 25.0 Å². The zero-order chi connectivity index (χ0) is 30.0. The Bertz CT molecular complexity index is 2040. The van der Waals surface area contributed by atoms with Crippen molar-refractivity contribution >= 4 is 38.3 Å². The van der Waals surface area contributed by atoms with Crippen molar-refractivity contribution in [3.63, 3.8) is 0 Å². The van der Waals surface area contributed by atoms with E-state index in [4.69, 9.17) is 0 Å². The van der Waals surface area contributed by atoms with Crippen LogP contribution in [0.5, 0.6) is 0 Å². The maximum Gasteiger partial charge on any atom is 0.265 e. The van der Waals surface area contributed by atoms with E-state index in [0.717, 1.165) is 16.7 Å². The number of carbonyl (C=O) groups is 2. The average Bonchev–Trinajstić information content (AvgIpc) is 3.43. The molecule has 0 aliphatic heterocycles. The van der Waals surface area contributed by atoms with Gasteiger partial charge in [-0.25, -0.2) is 12.7 Å². The Kier molecular flexibility index (Phi) is 7.49. The molecule has 5 aromatic carbocycles. The molecule has 0 unspecified atom stereocenters. The van der Waals surface area contributed by atoms with Gasteiger partial charge in [0.25, 0.3) is 10.0 Å². The van der Waals surface area contributed by atoms with Crippen molar-refractivity contribution in [2.45, 2.75) is 18.4 Å². The van der Waals surface area contributed by atoms with E-state index in [1.54, 1.807) is 66.7 Å². The van der Waals surface area contributed by atoms with Crippen LogP contribution >= 0.6 is 0 Å². The van der Waals surface area contributed by atoms with Crippen LogP contribution in [0.3, 0.4) is 0 Å². The van der Waals surface area contributed by atoms with Crippen molar-refractivity contribution < 1.29 is 18.0 Å². The molecule has 0 fully saturated rings. The van der Waals surface area contributed by atoms with Gasteiger partial charge in [-0.05, 0) is 36.2 Å². The molecule has 6 nitrogen and oxygen atoms in total. The Balaban J connectivity index is 1.60. The van der Waals surface area contributed by atoms with Gasteiger partial charge in [0.1, 0.15) is 5.82 Å². The molecule has 43 heavy (non-hydrogen) atoms. The number of aryl methyl sites for hydroxylation is 1. The number of ketones is 2. The molecule has 0 bridgehead atoms. The Morgan fingerprint density at radius 1 is 0.674 bits per heavy atom. The van der Waals surface area contributed by atoms with Crippen LogP contribution in [-0.2, 0) is 16.6 Å². The number of aromatic nitrogens is 1. The van der Waals surface area contributed by atoms with Crippen molar-refractivity contribution in [3.8, 4) is 11.1 Å². The van der Waals surface area contributed by atoms with Gasteiger partial charge in [-0.15, -0.1) is 0 Å². The highest BCUT2D eigenvalue weighted by Gasteiger charge is 2.31. The van der Waals surface area contributed by atoms with E-state index >= 15 is 0 Å². The third-order valence-corrected chi connectivity index (χ3v) is 9.15. The smallest absolute Gasteiger partial charge is 0.265 e. The summed E-state index contributed by atoms with van der Waals surface area (Å²) in [6.45, 7) is 1.94. The summed E-state index contributed by atoms with van der Waals surface area (Å²) in [7, 11) is -4.09. The molecule has 1 aromatic heterocycles. The van der Waals surface area contributed by atoms with Crippen molar-refractivity contribution in [2.75, 3.05) is 4.31 Å². The van der Waals surface area contributed by atoms with Crippen molar-refractivity contribution in [1.82, 2.24) is 4.98 Å². The molecule has 0 spiro atoms. The van der Waals surface area contributed by atoms with Crippen LogP contribution in [0, 0.1) is 6.92 Å². The molecule has 6 rings (SSSR count). The van der Waals surface area contributed by atoms with Crippen LogP contribution in [0.4, 0.5) is 5.82 Å². The molecule has 0 amide bonds. The summed E-state index contributed by atoms with van der Waals surface area (Å²) in [6.07, 6.45) is 0. The minimum atomic E-state index is -4.09. The number of nitrogens with one attached hydrogen (secondary N) is 1. The van der Waals surface area contributed by atoms with Crippen LogP contribution in [0.1, 0.15) is 31.8 Å². The fourth-order valence-corrected chi connectivity index (χ4v) is 6.62. The van der Waals surface area contributed by atoms with Crippen LogP contribution in [0.2, 0.25) is 0 Å². The summed E-state index contributed by atoms with van der Waals surface area (Å²) in [6, 6.07) is 39.1. The molecular weight excluding hydrogens is 556 g/mol. The Morgan fingerprint density at radius 3 is 1.93 bits per heavy atom. The predicted molar refractivity (Wildman–Crippen MR) is 170 cm³/mol. The SMILES string of the molecule is Cc1ccc(S(=O)(=O)N(Cc2ccccc2)c2[nH]c3c(C(=O)C(=O)c4ccccc4)cccc3c2-c2ccccc2)cc1. The molecule has 212 valence electrons. The first-order valence-electron chi connectivity index (χ1n) is 13.8. The van der Waals surface area contributed by atoms with Gasteiger partial charge in [-0.1, -0.05) is 121 Å². The van der Waals surface area contributed by atoms with E-state index < -0.39 is 21.6 Å². The lowest BCUT2D eigenvalue weighted by atomic mass is 9.97. The van der Waals surface area contributed by atoms with Gasteiger partial charge in [0.15, 0.2) is 0 Å². The normalized spacial score (nSPS) is 11.4. The summed E-state index contributed by atoms with van der Waals surface area (Å²) in [5.74, 6) is -1.02. The number of carbonyl (C=O) groups excluding carboxylic acids is 2. The first-order chi connectivity index (χ1) is 20.8. The number of benzene rings is 5. The molecule has 0 atom stereocenters. The van der Waals surface area contributed by atoms with E-state index in [0.29, 0.717) is 22.3 Å². The van der Waals surface area contributed by atoms with E-state index in [-0.39, 0.29) is 22.6 Å². The monoisotopic (exact) mass is 584 g/mol. The van der Waals surface area contributed by atoms with Gasteiger partial charge in [0.05, 0.1) is 22.5 Å². The molecule has 6 aromatic rings. The maximum absolute atomic E-state index is 14.4. The number of sulfonamides is 1. The number of H-pyrrole nitrogens is 1. The van der Waals surface area contributed by atoms with Crippen LogP contribution in [0.15, 0.2) is 138 Å². The van der Waals surface area contributed by atoms with Gasteiger partial charge >= 0.3 is 0 Å². The van der Waals surface area contributed by atoms with Crippen molar-refractivity contribution in [3.05, 3.63) is 156 Å². The molecule has 7 heteroatoms. The molecule has 0 radical (unpaired) electrons. The first-order valence-corrected chi connectivity index (χ1v) is 15.3. The minimum Gasteiger partial charge on any atom is -0.339 e. The second-order valence-electron chi connectivity index (χ2n) is 10.3. The summed E-state index contributed by atoms with van der Waals surface area (Å²) in [4.78, 5) is 30.3. The molecule has 0 saturated carbocycles. The number of Topliss-reactive ketones (excluding diaryl/α,β-unsaturated/α-hetero) is 2. The van der Waals surface area contributed by atoms with E-state index in [1.807, 2.05) is 73.7 Å². The number of para-hydroxylation sites is 1. The van der Waals surface area contributed by atoms with Gasteiger partial charge < -0.3 is 4.98 Å². The highest BCUT2D eigenvalue weighted by atomic mass is 32.2. The van der Waals surface area contributed by atoms with E-state index in [1.165, 1.54) is 4.31 Å². The number of fused-ring (bicyclic) bond motifs is 1. The van der Waals surface area contributed by atoms with Crippen molar-refractivity contribution in [2.24, 2.45) is 0 Å². The third kappa shape index (κ3) is 5.38. The molecule has 1 N–H and O–H groups in total. The zero-order valence-corrected chi connectivity index (χ0v) is 24.2. The number of hydrogen-bond acceptors (Lipinski definition) is 4. The number of nitrogens with zero attached hydrogens (tertiary/aromatic N) is 1. The topological polar surface area (TPSA) is 87.3 Å². The second-order valence-corrected chi connectivity index (χ2v) is 12.1. The number of aromatic amines is 1. The lowest BCUT2D eigenvalue weighted by Gasteiger charge is -2.25. The summed E-state index contributed by atoms with van der Waals surface area (Å²) >= 11 is 0. The summed E-state index contributed by atoms with van der Waals surface area (Å²) in [5, 5.41) is 0.630. The zero-order valence-electron chi connectivity index (χ0n) is 23.4. The lowest BCUT2D eigenvalue weighted by Crippen LogP contribution is -2.31. The Hall–Kier alpha value is -5.27. The Labute approximate surface area is 250 Å². The fraction of sp³-hybridized carbons (Fsp3) is 0.0556. The van der Waals surface area contributed by atoms with Gasteiger partial charge in [0, 0.05) is 16.5 Å². The number of anilines is 1. The third-order valence-electron chi connectivity index (χ3n) is 7.39. The highest BCUT2D eigenvalue weighted by Crippen LogP contribution is 2.41. The number of rotatable bonds is 9. The molecule has 0 aliphatic carbocycles. The van der Waals surface area contributed by atoms with Crippen molar-refractivity contribution in [1.29, 1.82) is 0 Å². The standard InChI is InChI=1S/C36H28N2O4S/c1-25-20-22-29(23-21-25)43(41,42)38(24-26-12-5-2-6-13-26)36-32(27-14-7-3-8-15-27)30-18-11-19-31(33(30)37-36)35(40)34(39)28-16-9-4-10-17-28/h2-23,37H,24H2,1H3. The molecular formula is C36H28N2O4S. The maximum atomic E-state index is 14.4. The number of hydrogen-bond donors (Lipinski definition) is 1. The van der Waals surface area contributed by atoms with Gasteiger partial charge in [-0.2, -0.15) is 0 Å². The first kappa shape index (κ1) is 27.9. The highest BCUT2D eigenvalue weighted by molar-refractivity contribution is 7.92. The molecule has 0 aliphatic rings. The Morgan fingerprint density at radius 2 is 1.28 bits per heavy atom. The minimum absolute atomic E-state index is 0.0376. The lowest BCUT2D eigenvalue weighted by molar-refractivity contribution is 0.0818. The summed E-state index contributed by atoms with van der Waals surface area (Å²) in [5.41, 5.74) is 3.95. The largest absolute Gasteiger partial charge is 0.339 e. The van der Waals surface area contributed by atoms with E-state index in [2.05, 4.69) is 4.98 Å². The molecule has 0 saturated heterocycles. The van der Waals surface area contributed by atoms with Gasteiger partial charge in [0.2, 0.25) is 11.6 Å². The average molecular weight is 585 g/mol. The fourth-order valence-electron chi connectivity index (χ4n) is 5.19. The van der Waals surface area contributed by atoms with E-state index in [9.17, 15) is 18.0 Å².